The highest BCUT2D eigenvalue weighted by Gasteiger charge is 2.34. The fraction of sp³-hybridized carbons (Fsp3) is 0.333. The van der Waals surface area contributed by atoms with Gasteiger partial charge in [0.05, 0.1) is 0 Å². The van der Waals surface area contributed by atoms with E-state index in [0.29, 0.717) is 25.1 Å². The monoisotopic (exact) mass is 381 g/mol. The number of carbonyl (C=O) groups is 2. The van der Waals surface area contributed by atoms with E-state index in [4.69, 9.17) is 0 Å². The predicted molar refractivity (Wildman–Crippen MR) is 96.4 cm³/mol. The Balaban J connectivity index is 1.69. The summed E-state index contributed by atoms with van der Waals surface area (Å²) in [7, 11) is 0. The lowest BCUT2D eigenvalue weighted by Crippen LogP contribution is -2.41. The van der Waals surface area contributed by atoms with Gasteiger partial charge >= 0.3 is 5.97 Å². The average Bonchev–Trinajstić information content (AvgIpc) is 3.36. The van der Waals surface area contributed by atoms with Crippen LogP contribution in [0.5, 0.6) is 0 Å². The molecule has 0 bridgehead atoms. The molecule has 4 rings (SSSR count). The summed E-state index contributed by atoms with van der Waals surface area (Å²) in [4.78, 5) is 26.7. The number of amides is 1. The molecule has 2 aromatic heterocycles. The van der Waals surface area contributed by atoms with Crippen LogP contribution in [0.1, 0.15) is 40.3 Å². The van der Waals surface area contributed by atoms with Gasteiger partial charge in [0.1, 0.15) is 6.33 Å². The quantitative estimate of drug-likeness (QED) is 0.693. The lowest BCUT2D eigenvalue weighted by atomic mass is 10.0. The Morgan fingerprint density at radius 1 is 1.25 bits per heavy atom. The normalized spacial score (nSPS) is 14.5. The summed E-state index contributed by atoms with van der Waals surface area (Å²) in [6.45, 7) is 3.17. The minimum atomic E-state index is -1.09. The molecule has 1 aliphatic heterocycles. The molecule has 1 N–H and O–H groups in total. The molecule has 1 atom stereocenters. The Kier molecular flexibility index (Phi) is 4.60. The fourth-order valence-corrected chi connectivity index (χ4v) is 3.62. The fourth-order valence-electron chi connectivity index (χ4n) is 3.62. The van der Waals surface area contributed by atoms with Gasteiger partial charge < -0.3 is 10.0 Å². The first-order valence-electron chi connectivity index (χ1n) is 8.98. The van der Waals surface area contributed by atoms with Crippen molar-refractivity contribution in [3.8, 4) is 0 Å². The van der Waals surface area contributed by atoms with E-state index in [1.165, 1.54) is 11.0 Å². The molecular weight excluding hydrogens is 362 g/mol. The first-order valence-corrected chi connectivity index (χ1v) is 8.98. The largest absolute Gasteiger partial charge is 0.476 e. The van der Waals surface area contributed by atoms with Gasteiger partial charge in [-0.2, -0.15) is 5.10 Å². The van der Waals surface area contributed by atoms with Gasteiger partial charge in [-0.3, -0.25) is 9.48 Å². The summed E-state index contributed by atoms with van der Waals surface area (Å²) in [5.41, 5.74) is 2.24. The third-order valence-corrected chi connectivity index (χ3v) is 4.93. The van der Waals surface area contributed by atoms with Crippen LogP contribution >= 0.6 is 0 Å². The van der Waals surface area contributed by atoms with E-state index in [1.807, 2.05) is 37.3 Å². The smallest absolute Gasteiger partial charge is 0.356 e. The van der Waals surface area contributed by atoms with Crippen LogP contribution in [0.3, 0.4) is 0 Å². The van der Waals surface area contributed by atoms with Crippen molar-refractivity contribution in [3.05, 3.63) is 59.2 Å². The second-order valence-electron chi connectivity index (χ2n) is 6.51. The Hall–Kier alpha value is -3.56. The lowest BCUT2D eigenvalue weighted by molar-refractivity contribution is -0.134. The molecule has 10 heteroatoms. The number of hydrogen-bond acceptors (Lipinski definition) is 6. The van der Waals surface area contributed by atoms with E-state index < -0.39 is 12.0 Å². The Morgan fingerprint density at radius 3 is 2.68 bits per heavy atom. The summed E-state index contributed by atoms with van der Waals surface area (Å²) in [6.07, 6.45) is 1.95. The van der Waals surface area contributed by atoms with E-state index in [2.05, 4.69) is 20.6 Å². The van der Waals surface area contributed by atoms with Gasteiger partial charge in [-0.25, -0.2) is 9.48 Å². The molecule has 0 radical (unpaired) electrons. The minimum absolute atomic E-state index is 0.00744. The number of aryl methyl sites for hydroxylation is 1. The molecule has 10 nitrogen and oxygen atoms in total. The van der Waals surface area contributed by atoms with Gasteiger partial charge in [-0.1, -0.05) is 30.3 Å². The van der Waals surface area contributed by atoms with Crippen LogP contribution < -0.4 is 0 Å². The maximum Gasteiger partial charge on any atom is 0.356 e. The second-order valence-corrected chi connectivity index (χ2v) is 6.51. The number of carboxylic acid groups (broad SMARTS) is 1. The van der Waals surface area contributed by atoms with Crippen LogP contribution in [0, 0.1) is 0 Å². The molecule has 0 fully saturated rings. The number of aromatic nitrogens is 6. The van der Waals surface area contributed by atoms with E-state index in [-0.39, 0.29) is 18.1 Å². The maximum absolute atomic E-state index is 13.4. The van der Waals surface area contributed by atoms with E-state index in [9.17, 15) is 14.7 Å². The number of tetrazole rings is 1. The number of carbonyl (C=O) groups excluding carboxylic acids is 1. The third kappa shape index (κ3) is 3.02. The minimum Gasteiger partial charge on any atom is -0.476 e. The Labute approximate surface area is 160 Å². The van der Waals surface area contributed by atoms with Crippen LogP contribution in [0.4, 0.5) is 0 Å². The van der Waals surface area contributed by atoms with Crippen molar-refractivity contribution in [3.63, 3.8) is 0 Å². The molecule has 3 aromatic rings. The molecule has 1 amide bonds. The average molecular weight is 381 g/mol. The first kappa shape index (κ1) is 17.8. The standard InChI is InChI=1S/C18H19N7O3/c1-2-24-14-8-9-23(10-13(14)15(20-24)18(27)28)17(26)16(25-11-19-21-22-25)12-6-4-3-5-7-12/h3-7,11,16H,2,8-10H2,1H3,(H,27,28)/t16-/m1/s1. The summed E-state index contributed by atoms with van der Waals surface area (Å²) < 4.78 is 3.12. The summed E-state index contributed by atoms with van der Waals surface area (Å²) in [5.74, 6) is -1.28. The van der Waals surface area contributed by atoms with Crippen molar-refractivity contribution < 1.29 is 14.7 Å². The van der Waals surface area contributed by atoms with E-state index in [1.54, 1.807) is 9.58 Å². The number of fused-ring (bicyclic) bond motifs is 1. The number of carboxylic acids is 1. The summed E-state index contributed by atoms with van der Waals surface area (Å²) >= 11 is 0. The van der Waals surface area contributed by atoms with Crippen molar-refractivity contribution >= 4 is 11.9 Å². The topological polar surface area (TPSA) is 119 Å². The number of hydrogen-bond donors (Lipinski definition) is 1. The maximum atomic E-state index is 13.4. The molecule has 28 heavy (non-hydrogen) atoms. The highest BCUT2D eigenvalue weighted by molar-refractivity contribution is 5.88. The molecule has 0 aliphatic carbocycles. The number of rotatable bonds is 5. The number of nitrogens with zero attached hydrogens (tertiary/aromatic N) is 7. The molecule has 144 valence electrons. The van der Waals surface area contributed by atoms with Crippen LogP contribution in [-0.4, -0.2) is 58.4 Å². The Bertz CT molecular complexity index is 998. The molecular formula is C18H19N7O3. The van der Waals surface area contributed by atoms with Crippen LogP contribution in [-0.2, 0) is 24.3 Å². The van der Waals surface area contributed by atoms with Gasteiger partial charge in [0.25, 0.3) is 5.91 Å². The summed E-state index contributed by atoms with van der Waals surface area (Å²) in [6, 6.07) is 8.54. The Morgan fingerprint density at radius 2 is 2.04 bits per heavy atom. The number of aromatic carboxylic acids is 1. The van der Waals surface area contributed by atoms with E-state index >= 15 is 0 Å². The summed E-state index contributed by atoms with van der Waals surface area (Å²) in [5, 5.41) is 24.9. The van der Waals surface area contributed by atoms with Crippen molar-refractivity contribution in [2.75, 3.05) is 6.54 Å². The number of benzene rings is 1. The molecule has 3 heterocycles. The van der Waals surface area contributed by atoms with E-state index in [0.717, 1.165) is 11.3 Å². The van der Waals surface area contributed by atoms with Gasteiger partial charge in [0.15, 0.2) is 11.7 Å². The van der Waals surface area contributed by atoms with Gasteiger partial charge in [0, 0.05) is 37.3 Å². The van der Waals surface area contributed by atoms with Crippen LogP contribution in [0.25, 0.3) is 0 Å². The molecule has 0 spiro atoms. The van der Waals surface area contributed by atoms with Crippen molar-refractivity contribution in [1.82, 2.24) is 34.9 Å². The predicted octanol–water partition coefficient (Wildman–Crippen LogP) is 0.762. The van der Waals surface area contributed by atoms with Crippen molar-refractivity contribution in [2.45, 2.75) is 32.5 Å². The third-order valence-electron chi connectivity index (χ3n) is 4.93. The van der Waals surface area contributed by atoms with Gasteiger partial charge in [-0.05, 0) is 22.9 Å². The molecule has 0 saturated heterocycles. The first-order chi connectivity index (χ1) is 13.6. The highest BCUT2D eigenvalue weighted by atomic mass is 16.4. The molecule has 0 saturated carbocycles. The van der Waals surface area contributed by atoms with Crippen LogP contribution in [0.15, 0.2) is 36.7 Å². The van der Waals surface area contributed by atoms with Gasteiger partial charge in [-0.15, -0.1) is 5.10 Å². The zero-order valence-corrected chi connectivity index (χ0v) is 15.3. The van der Waals surface area contributed by atoms with Crippen molar-refractivity contribution in [2.24, 2.45) is 0 Å². The molecule has 1 aliphatic rings. The second kappa shape index (κ2) is 7.22. The zero-order chi connectivity index (χ0) is 19.7. The van der Waals surface area contributed by atoms with Crippen molar-refractivity contribution in [1.29, 1.82) is 0 Å². The zero-order valence-electron chi connectivity index (χ0n) is 15.3. The van der Waals surface area contributed by atoms with Crippen LogP contribution in [0.2, 0.25) is 0 Å². The molecule has 0 unspecified atom stereocenters. The lowest BCUT2D eigenvalue weighted by Gasteiger charge is -2.31. The SMILES string of the molecule is CCn1nc(C(=O)O)c2c1CCN(C(=O)[C@@H](c1ccccc1)n1cnnn1)C2. The molecule has 1 aromatic carbocycles. The van der Waals surface area contributed by atoms with Gasteiger partial charge in [0.2, 0.25) is 0 Å². The highest BCUT2D eigenvalue weighted by Crippen LogP contribution is 2.27.